The SMILES string of the molecule is CC(C)(C)OC(=O)N1C[C@H]2CC[C@@H]1[C@@H]2c1cccnc1. The molecule has 0 N–H and O–H groups in total. The Kier molecular flexibility index (Phi) is 3.19. The Morgan fingerprint density at radius 1 is 1.40 bits per heavy atom. The van der Waals surface area contributed by atoms with E-state index in [2.05, 4.69) is 11.1 Å². The Bertz CT molecular complexity index is 495. The largest absolute Gasteiger partial charge is 0.444 e. The first-order valence-electron chi connectivity index (χ1n) is 7.35. The van der Waals surface area contributed by atoms with Crippen LogP contribution in [-0.4, -0.2) is 34.2 Å². The van der Waals surface area contributed by atoms with Gasteiger partial charge in [-0.1, -0.05) is 6.07 Å². The van der Waals surface area contributed by atoms with E-state index in [0.29, 0.717) is 11.8 Å². The van der Waals surface area contributed by atoms with Gasteiger partial charge in [-0.15, -0.1) is 0 Å². The van der Waals surface area contributed by atoms with Crippen molar-refractivity contribution in [3.8, 4) is 0 Å². The van der Waals surface area contributed by atoms with E-state index in [9.17, 15) is 4.79 Å². The number of hydrogen-bond donors (Lipinski definition) is 0. The van der Waals surface area contributed by atoms with E-state index in [0.717, 1.165) is 13.0 Å². The van der Waals surface area contributed by atoms with Gasteiger partial charge in [-0.2, -0.15) is 0 Å². The molecule has 0 spiro atoms. The Balaban J connectivity index is 1.77. The van der Waals surface area contributed by atoms with Gasteiger partial charge in [0.2, 0.25) is 0 Å². The molecule has 1 saturated carbocycles. The second kappa shape index (κ2) is 4.76. The van der Waals surface area contributed by atoms with Crippen LogP contribution in [0.25, 0.3) is 0 Å². The van der Waals surface area contributed by atoms with Crippen molar-refractivity contribution in [2.45, 2.75) is 51.2 Å². The fourth-order valence-corrected chi connectivity index (χ4v) is 3.60. The number of amides is 1. The summed E-state index contributed by atoms with van der Waals surface area (Å²) in [5, 5.41) is 0. The van der Waals surface area contributed by atoms with Gasteiger partial charge in [0.25, 0.3) is 0 Å². The maximum absolute atomic E-state index is 12.3. The Morgan fingerprint density at radius 2 is 2.20 bits per heavy atom. The molecule has 2 aliphatic rings. The maximum atomic E-state index is 12.3. The van der Waals surface area contributed by atoms with Crippen LogP contribution >= 0.6 is 0 Å². The molecule has 1 aliphatic heterocycles. The van der Waals surface area contributed by atoms with Gasteiger partial charge in [-0.25, -0.2) is 4.79 Å². The van der Waals surface area contributed by atoms with Gasteiger partial charge < -0.3 is 9.64 Å². The molecule has 1 aromatic heterocycles. The number of hydrogen-bond acceptors (Lipinski definition) is 3. The summed E-state index contributed by atoms with van der Waals surface area (Å²) in [5.41, 5.74) is 0.828. The van der Waals surface area contributed by atoms with Crippen molar-refractivity contribution in [3.63, 3.8) is 0 Å². The zero-order chi connectivity index (χ0) is 14.3. The van der Waals surface area contributed by atoms with E-state index in [1.54, 1.807) is 6.20 Å². The molecule has 20 heavy (non-hydrogen) atoms. The summed E-state index contributed by atoms with van der Waals surface area (Å²) in [6.07, 6.45) is 5.84. The van der Waals surface area contributed by atoms with Crippen molar-refractivity contribution in [2.75, 3.05) is 6.54 Å². The lowest BCUT2D eigenvalue weighted by molar-refractivity contribution is 0.0187. The average molecular weight is 274 g/mol. The van der Waals surface area contributed by atoms with Crippen LogP contribution in [-0.2, 0) is 4.74 Å². The average Bonchev–Trinajstić information content (AvgIpc) is 2.95. The lowest BCUT2D eigenvalue weighted by Gasteiger charge is -2.30. The molecule has 2 fully saturated rings. The van der Waals surface area contributed by atoms with E-state index in [4.69, 9.17) is 4.74 Å². The highest BCUT2D eigenvalue weighted by molar-refractivity contribution is 5.69. The maximum Gasteiger partial charge on any atom is 0.410 e. The zero-order valence-corrected chi connectivity index (χ0v) is 12.4. The van der Waals surface area contributed by atoms with Gasteiger partial charge in [-0.3, -0.25) is 4.98 Å². The molecule has 4 heteroatoms. The highest BCUT2D eigenvalue weighted by Crippen LogP contribution is 2.48. The summed E-state index contributed by atoms with van der Waals surface area (Å²) in [6, 6.07) is 4.38. The van der Waals surface area contributed by atoms with Gasteiger partial charge in [-0.05, 0) is 51.2 Å². The number of nitrogens with zero attached hydrogens (tertiary/aromatic N) is 2. The number of carbonyl (C=O) groups is 1. The molecule has 0 radical (unpaired) electrons. The monoisotopic (exact) mass is 274 g/mol. The quantitative estimate of drug-likeness (QED) is 0.789. The summed E-state index contributed by atoms with van der Waals surface area (Å²) >= 11 is 0. The van der Waals surface area contributed by atoms with Crippen LogP contribution in [0.3, 0.4) is 0 Å². The molecule has 0 unspecified atom stereocenters. The summed E-state index contributed by atoms with van der Waals surface area (Å²) in [7, 11) is 0. The van der Waals surface area contributed by atoms with Crippen molar-refractivity contribution < 1.29 is 9.53 Å². The first-order chi connectivity index (χ1) is 9.46. The Morgan fingerprint density at radius 3 is 2.85 bits per heavy atom. The fourth-order valence-electron chi connectivity index (χ4n) is 3.60. The molecule has 108 valence electrons. The van der Waals surface area contributed by atoms with Crippen LogP contribution in [0, 0.1) is 5.92 Å². The molecule has 0 aromatic carbocycles. The number of likely N-dealkylation sites (tertiary alicyclic amines) is 1. The third-order valence-electron chi connectivity index (χ3n) is 4.28. The highest BCUT2D eigenvalue weighted by Gasteiger charge is 2.50. The first kappa shape index (κ1) is 13.4. The number of carbonyl (C=O) groups excluding carboxylic acids is 1. The summed E-state index contributed by atoms with van der Waals surface area (Å²) in [6.45, 7) is 6.56. The fraction of sp³-hybridized carbons (Fsp3) is 0.625. The molecule has 1 saturated heterocycles. The number of rotatable bonds is 1. The molecule has 3 atom stereocenters. The Hall–Kier alpha value is -1.58. The van der Waals surface area contributed by atoms with E-state index < -0.39 is 5.60 Å². The van der Waals surface area contributed by atoms with Crippen molar-refractivity contribution in [3.05, 3.63) is 30.1 Å². The molecule has 2 bridgehead atoms. The molecular weight excluding hydrogens is 252 g/mol. The topological polar surface area (TPSA) is 42.4 Å². The summed E-state index contributed by atoms with van der Waals surface area (Å²) in [5.74, 6) is 0.980. The number of fused-ring (bicyclic) bond motifs is 2. The number of pyridine rings is 1. The minimum Gasteiger partial charge on any atom is -0.444 e. The molecule has 1 aliphatic carbocycles. The van der Waals surface area contributed by atoms with Crippen molar-refractivity contribution in [2.24, 2.45) is 5.92 Å². The van der Waals surface area contributed by atoms with Crippen LogP contribution < -0.4 is 0 Å². The van der Waals surface area contributed by atoms with Crippen molar-refractivity contribution in [1.82, 2.24) is 9.88 Å². The number of ether oxygens (including phenoxy) is 1. The van der Waals surface area contributed by atoms with E-state index >= 15 is 0 Å². The lowest BCUT2D eigenvalue weighted by atomic mass is 9.91. The molecule has 1 amide bonds. The third kappa shape index (κ3) is 2.39. The summed E-state index contributed by atoms with van der Waals surface area (Å²) in [4.78, 5) is 18.5. The summed E-state index contributed by atoms with van der Waals surface area (Å²) < 4.78 is 5.53. The predicted molar refractivity (Wildman–Crippen MR) is 76.4 cm³/mol. The highest BCUT2D eigenvalue weighted by atomic mass is 16.6. The van der Waals surface area contributed by atoms with Gasteiger partial charge in [0.15, 0.2) is 0 Å². The van der Waals surface area contributed by atoms with Gasteiger partial charge >= 0.3 is 6.09 Å². The number of piperidine rings is 1. The molecule has 1 aromatic rings. The number of aromatic nitrogens is 1. The normalized spacial score (nSPS) is 28.8. The Labute approximate surface area is 120 Å². The van der Waals surface area contributed by atoms with Gasteiger partial charge in [0, 0.05) is 30.9 Å². The molecular formula is C16H22N2O2. The zero-order valence-electron chi connectivity index (χ0n) is 12.4. The first-order valence-corrected chi connectivity index (χ1v) is 7.35. The lowest BCUT2D eigenvalue weighted by Crippen LogP contribution is -2.41. The van der Waals surface area contributed by atoms with Crippen molar-refractivity contribution >= 4 is 6.09 Å². The molecule has 3 rings (SSSR count). The van der Waals surface area contributed by atoms with E-state index in [1.807, 2.05) is 37.9 Å². The minimum absolute atomic E-state index is 0.168. The molecule has 4 nitrogen and oxygen atoms in total. The third-order valence-corrected chi connectivity index (χ3v) is 4.28. The van der Waals surface area contributed by atoms with Crippen LogP contribution in [0.15, 0.2) is 24.5 Å². The van der Waals surface area contributed by atoms with Gasteiger partial charge in [0.1, 0.15) is 5.60 Å². The van der Waals surface area contributed by atoms with Crippen molar-refractivity contribution in [1.29, 1.82) is 0 Å². The molecule has 2 heterocycles. The minimum atomic E-state index is -0.428. The van der Waals surface area contributed by atoms with Crippen LogP contribution in [0.1, 0.15) is 45.1 Å². The van der Waals surface area contributed by atoms with Crippen LogP contribution in [0.4, 0.5) is 4.79 Å². The van der Waals surface area contributed by atoms with E-state index in [1.165, 1.54) is 12.0 Å². The van der Waals surface area contributed by atoms with E-state index in [-0.39, 0.29) is 12.1 Å². The van der Waals surface area contributed by atoms with Crippen LogP contribution in [0.5, 0.6) is 0 Å². The van der Waals surface area contributed by atoms with Gasteiger partial charge in [0.05, 0.1) is 0 Å². The second-order valence-electron chi connectivity index (χ2n) is 6.85. The standard InChI is InChI=1S/C16H22N2O2/c1-16(2,3)20-15(19)18-10-12-6-7-13(18)14(12)11-5-4-8-17-9-11/h4-5,8-9,12-14H,6-7,10H2,1-3H3/t12-,13-,14-/m1/s1. The van der Waals surface area contributed by atoms with Crippen LogP contribution in [0.2, 0.25) is 0 Å². The second-order valence-corrected chi connectivity index (χ2v) is 6.85. The predicted octanol–water partition coefficient (Wildman–Crippen LogP) is 3.19. The smallest absolute Gasteiger partial charge is 0.410 e.